The number of hydrogen-bond acceptors (Lipinski definition) is 4. The van der Waals surface area contributed by atoms with E-state index in [0.29, 0.717) is 17.7 Å². The van der Waals surface area contributed by atoms with Crippen LogP contribution < -0.4 is 10.0 Å². The molecule has 28 heavy (non-hydrogen) atoms. The predicted octanol–water partition coefficient (Wildman–Crippen LogP) is 2.73. The molecule has 0 aliphatic rings. The molecule has 0 bridgehead atoms. The van der Waals surface area contributed by atoms with Gasteiger partial charge in [-0.05, 0) is 62.4 Å². The van der Waals surface area contributed by atoms with Gasteiger partial charge < -0.3 is 10.4 Å². The summed E-state index contributed by atoms with van der Waals surface area (Å²) in [5.41, 5.74) is 3.50. The van der Waals surface area contributed by atoms with Crippen LogP contribution in [-0.2, 0) is 21.2 Å². The van der Waals surface area contributed by atoms with Gasteiger partial charge in [0.25, 0.3) is 0 Å². The Hall–Kier alpha value is -2.38. The molecule has 1 amide bonds. The lowest BCUT2D eigenvalue weighted by Crippen LogP contribution is -2.32. The minimum atomic E-state index is -3.65. The van der Waals surface area contributed by atoms with Crippen LogP contribution in [0.3, 0.4) is 0 Å². The summed E-state index contributed by atoms with van der Waals surface area (Å²) in [5, 5.41) is 12.0. The summed E-state index contributed by atoms with van der Waals surface area (Å²) >= 11 is 0. The predicted molar refractivity (Wildman–Crippen MR) is 110 cm³/mol. The standard InChI is InChI=1S/C21H28N2O4S/c1-15-13-16(2)21(17(3)14-15)28(26,27)23-12-10-20(25)22-11-4-5-18-6-8-19(24)9-7-18/h6-9,13-14,23-24H,4-5,10-12H2,1-3H3,(H,22,25). The Labute approximate surface area is 167 Å². The molecule has 0 radical (unpaired) electrons. The molecular formula is C21H28N2O4S. The number of carbonyl (C=O) groups is 1. The van der Waals surface area contributed by atoms with Crippen molar-refractivity contribution in [3.05, 3.63) is 58.7 Å². The highest BCUT2D eigenvalue weighted by Crippen LogP contribution is 2.21. The van der Waals surface area contributed by atoms with Gasteiger partial charge in [-0.15, -0.1) is 0 Å². The number of carbonyl (C=O) groups excluding carboxylic acids is 1. The van der Waals surface area contributed by atoms with Gasteiger partial charge in [-0.3, -0.25) is 4.79 Å². The fourth-order valence-corrected chi connectivity index (χ4v) is 4.71. The maximum absolute atomic E-state index is 12.5. The van der Waals surface area contributed by atoms with Gasteiger partial charge in [0.15, 0.2) is 0 Å². The molecule has 152 valence electrons. The average Bonchev–Trinajstić information content (AvgIpc) is 2.59. The van der Waals surface area contributed by atoms with Crippen molar-refractivity contribution in [2.45, 2.75) is 44.9 Å². The molecule has 3 N–H and O–H groups in total. The summed E-state index contributed by atoms with van der Waals surface area (Å²) < 4.78 is 27.6. The van der Waals surface area contributed by atoms with E-state index in [1.807, 2.05) is 31.2 Å². The Morgan fingerprint density at radius 2 is 1.61 bits per heavy atom. The number of phenolic OH excluding ortho intramolecular Hbond substituents is 1. The first kappa shape index (κ1) is 21.9. The molecule has 0 spiro atoms. The SMILES string of the molecule is Cc1cc(C)c(S(=O)(=O)NCCC(=O)NCCCc2ccc(O)cc2)c(C)c1. The summed E-state index contributed by atoms with van der Waals surface area (Å²) in [5.74, 6) is 0.0429. The van der Waals surface area contributed by atoms with Crippen molar-refractivity contribution in [3.63, 3.8) is 0 Å². The molecule has 2 rings (SSSR count). The minimum absolute atomic E-state index is 0.0544. The highest BCUT2D eigenvalue weighted by molar-refractivity contribution is 7.89. The van der Waals surface area contributed by atoms with E-state index in [1.165, 1.54) is 0 Å². The van der Waals surface area contributed by atoms with Crippen LogP contribution in [-0.4, -0.2) is 32.5 Å². The fourth-order valence-electron chi connectivity index (χ4n) is 3.23. The molecule has 0 unspecified atom stereocenters. The zero-order valence-electron chi connectivity index (χ0n) is 16.6. The molecule has 2 aromatic rings. The molecule has 0 aromatic heterocycles. The number of aryl methyl sites for hydroxylation is 4. The van der Waals surface area contributed by atoms with Crippen molar-refractivity contribution in [2.24, 2.45) is 0 Å². The molecule has 2 aromatic carbocycles. The van der Waals surface area contributed by atoms with Crippen molar-refractivity contribution in [1.82, 2.24) is 10.0 Å². The van der Waals surface area contributed by atoms with E-state index in [0.717, 1.165) is 24.0 Å². The van der Waals surface area contributed by atoms with Gasteiger partial charge in [-0.2, -0.15) is 0 Å². The summed E-state index contributed by atoms with van der Waals surface area (Å²) in [6, 6.07) is 10.6. The maximum atomic E-state index is 12.5. The average molecular weight is 405 g/mol. The Balaban J connectivity index is 1.75. The van der Waals surface area contributed by atoms with E-state index in [-0.39, 0.29) is 29.5 Å². The van der Waals surface area contributed by atoms with Crippen LogP contribution in [0.2, 0.25) is 0 Å². The summed E-state index contributed by atoms with van der Waals surface area (Å²) in [4.78, 5) is 12.2. The van der Waals surface area contributed by atoms with E-state index >= 15 is 0 Å². The van der Waals surface area contributed by atoms with Gasteiger partial charge in [0, 0.05) is 19.5 Å². The molecule has 0 fully saturated rings. The van der Waals surface area contributed by atoms with E-state index in [2.05, 4.69) is 10.0 Å². The van der Waals surface area contributed by atoms with E-state index < -0.39 is 10.0 Å². The zero-order valence-corrected chi connectivity index (χ0v) is 17.4. The summed E-state index contributed by atoms with van der Waals surface area (Å²) in [6.45, 7) is 6.04. The van der Waals surface area contributed by atoms with Crippen molar-refractivity contribution in [1.29, 1.82) is 0 Å². The van der Waals surface area contributed by atoms with Gasteiger partial charge in [0.05, 0.1) is 4.90 Å². The highest BCUT2D eigenvalue weighted by atomic mass is 32.2. The third-order valence-electron chi connectivity index (χ3n) is 4.42. The molecule has 0 saturated heterocycles. The second-order valence-electron chi connectivity index (χ2n) is 7.00. The van der Waals surface area contributed by atoms with Crippen molar-refractivity contribution >= 4 is 15.9 Å². The van der Waals surface area contributed by atoms with Crippen molar-refractivity contribution in [3.8, 4) is 5.75 Å². The number of phenols is 1. The lowest BCUT2D eigenvalue weighted by atomic mass is 10.1. The maximum Gasteiger partial charge on any atom is 0.241 e. The lowest BCUT2D eigenvalue weighted by Gasteiger charge is -2.13. The summed E-state index contributed by atoms with van der Waals surface area (Å²) in [6.07, 6.45) is 1.64. The molecule has 6 nitrogen and oxygen atoms in total. The monoisotopic (exact) mass is 404 g/mol. The number of sulfonamides is 1. The quantitative estimate of drug-likeness (QED) is 0.560. The van der Waals surface area contributed by atoms with Crippen LogP contribution >= 0.6 is 0 Å². The zero-order chi connectivity index (χ0) is 20.7. The first-order valence-corrected chi connectivity index (χ1v) is 10.8. The normalized spacial score (nSPS) is 11.4. The minimum Gasteiger partial charge on any atom is -0.508 e. The lowest BCUT2D eigenvalue weighted by molar-refractivity contribution is -0.120. The van der Waals surface area contributed by atoms with Crippen LogP contribution in [0.5, 0.6) is 5.75 Å². The molecule has 7 heteroatoms. The fraction of sp³-hybridized carbons (Fsp3) is 0.381. The second kappa shape index (κ2) is 9.71. The largest absolute Gasteiger partial charge is 0.508 e. The van der Waals surface area contributed by atoms with Gasteiger partial charge in [-0.25, -0.2) is 13.1 Å². The van der Waals surface area contributed by atoms with Crippen molar-refractivity contribution < 1.29 is 18.3 Å². The van der Waals surface area contributed by atoms with Crippen LogP contribution in [0.15, 0.2) is 41.3 Å². The van der Waals surface area contributed by atoms with Gasteiger partial charge in [0.1, 0.15) is 5.75 Å². The number of rotatable bonds is 9. The van der Waals surface area contributed by atoms with Gasteiger partial charge in [0.2, 0.25) is 15.9 Å². The van der Waals surface area contributed by atoms with E-state index in [4.69, 9.17) is 0 Å². The molecule has 0 saturated carbocycles. The third-order valence-corrected chi connectivity index (χ3v) is 6.18. The number of benzene rings is 2. The molecular weight excluding hydrogens is 376 g/mol. The summed E-state index contributed by atoms with van der Waals surface area (Å²) in [7, 11) is -3.65. The van der Waals surface area contributed by atoms with E-state index in [1.54, 1.807) is 26.0 Å². The topological polar surface area (TPSA) is 95.5 Å². The molecule has 0 aliphatic heterocycles. The molecule has 0 heterocycles. The Kier molecular flexibility index (Phi) is 7.60. The van der Waals surface area contributed by atoms with Crippen LogP contribution in [0, 0.1) is 20.8 Å². The number of aromatic hydroxyl groups is 1. The first-order valence-electron chi connectivity index (χ1n) is 9.31. The van der Waals surface area contributed by atoms with Crippen molar-refractivity contribution in [2.75, 3.05) is 13.1 Å². The number of hydrogen-bond donors (Lipinski definition) is 3. The Morgan fingerprint density at radius 3 is 2.21 bits per heavy atom. The van der Waals surface area contributed by atoms with Crippen LogP contribution in [0.25, 0.3) is 0 Å². The van der Waals surface area contributed by atoms with Crippen LogP contribution in [0.4, 0.5) is 0 Å². The van der Waals surface area contributed by atoms with E-state index in [9.17, 15) is 18.3 Å². The first-order chi connectivity index (χ1) is 13.2. The smallest absolute Gasteiger partial charge is 0.241 e. The molecule has 0 atom stereocenters. The highest BCUT2D eigenvalue weighted by Gasteiger charge is 2.19. The third kappa shape index (κ3) is 6.35. The number of amides is 1. The Bertz CT molecular complexity index is 899. The van der Waals surface area contributed by atoms with Gasteiger partial charge in [-0.1, -0.05) is 29.8 Å². The molecule has 0 aliphatic carbocycles. The van der Waals surface area contributed by atoms with Crippen LogP contribution in [0.1, 0.15) is 35.1 Å². The van der Waals surface area contributed by atoms with Gasteiger partial charge >= 0.3 is 0 Å². The Morgan fingerprint density at radius 1 is 1.00 bits per heavy atom. The number of nitrogens with one attached hydrogen (secondary N) is 2. The second-order valence-corrected chi connectivity index (χ2v) is 8.70.